The maximum absolute atomic E-state index is 13.1. The van der Waals surface area contributed by atoms with Crippen LogP contribution in [-0.2, 0) is 0 Å². The highest BCUT2D eigenvalue weighted by atomic mass is 16.3. The first kappa shape index (κ1) is 18.1. The van der Waals surface area contributed by atoms with Gasteiger partial charge in [0.1, 0.15) is 5.69 Å². The molecule has 1 aliphatic heterocycles. The lowest BCUT2D eigenvalue weighted by Crippen LogP contribution is -2.35. The molecule has 1 aliphatic carbocycles. The summed E-state index contributed by atoms with van der Waals surface area (Å²) in [4.78, 5) is 19.1. The van der Waals surface area contributed by atoms with Gasteiger partial charge in [-0.3, -0.25) is 9.89 Å². The van der Waals surface area contributed by atoms with Gasteiger partial charge in [0.25, 0.3) is 5.91 Å². The Labute approximate surface area is 169 Å². The largest absolute Gasteiger partial charge is 0.391 e. The lowest BCUT2D eigenvalue weighted by atomic mass is 9.77. The van der Waals surface area contributed by atoms with E-state index >= 15 is 0 Å². The molecule has 1 amide bonds. The van der Waals surface area contributed by atoms with Crippen molar-refractivity contribution in [3.8, 4) is 11.3 Å². The zero-order valence-corrected chi connectivity index (χ0v) is 16.4. The van der Waals surface area contributed by atoms with Gasteiger partial charge in [-0.1, -0.05) is 29.8 Å². The number of aromatic nitrogens is 4. The summed E-state index contributed by atoms with van der Waals surface area (Å²) in [6.07, 6.45) is 6.60. The third kappa shape index (κ3) is 3.35. The first-order valence-electron chi connectivity index (χ1n) is 10.2. The number of rotatable bonds is 3. The molecule has 5 rings (SSSR count). The molecule has 7 nitrogen and oxygen atoms in total. The van der Waals surface area contributed by atoms with Gasteiger partial charge in [-0.25, -0.2) is 4.98 Å². The zero-order chi connectivity index (χ0) is 20.0. The molecule has 1 saturated heterocycles. The van der Waals surface area contributed by atoms with Crippen LogP contribution in [0.25, 0.3) is 11.3 Å². The van der Waals surface area contributed by atoms with Gasteiger partial charge in [0.15, 0.2) is 0 Å². The molecule has 7 heteroatoms. The fourth-order valence-corrected chi connectivity index (χ4v) is 4.83. The molecule has 1 aromatic carbocycles. The molecular weight excluding hydrogens is 366 g/mol. The second-order valence-electron chi connectivity index (χ2n) is 8.38. The number of aliphatic hydroxyl groups is 1. The van der Waals surface area contributed by atoms with Crippen LogP contribution in [0.5, 0.6) is 0 Å². The number of H-pyrrole nitrogens is 1. The van der Waals surface area contributed by atoms with Crippen LogP contribution in [0.15, 0.2) is 49.1 Å². The maximum atomic E-state index is 13.1. The second kappa shape index (κ2) is 7.15. The number of imidazole rings is 1. The molecule has 3 heterocycles. The van der Waals surface area contributed by atoms with E-state index in [1.165, 1.54) is 5.56 Å². The lowest BCUT2D eigenvalue weighted by molar-refractivity contribution is 0.0357. The minimum Gasteiger partial charge on any atom is -0.391 e. The van der Waals surface area contributed by atoms with Crippen LogP contribution < -0.4 is 0 Å². The van der Waals surface area contributed by atoms with Crippen LogP contribution in [0.1, 0.15) is 34.9 Å². The minimum absolute atomic E-state index is 0.0149. The molecule has 150 valence electrons. The molecule has 4 atom stereocenters. The molecular formula is C22H25N5O2. The zero-order valence-electron chi connectivity index (χ0n) is 16.4. The van der Waals surface area contributed by atoms with Crippen LogP contribution in [0.3, 0.4) is 0 Å². The molecule has 1 saturated carbocycles. The average molecular weight is 391 g/mol. The average Bonchev–Trinajstić information content (AvgIpc) is 3.47. The quantitative estimate of drug-likeness (QED) is 0.719. The van der Waals surface area contributed by atoms with Crippen molar-refractivity contribution in [3.05, 3.63) is 60.3 Å². The highest BCUT2D eigenvalue weighted by molar-refractivity contribution is 5.93. The fourth-order valence-electron chi connectivity index (χ4n) is 4.83. The summed E-state index contributed by atoms with van der Waals surface area (Å²) in [7, 11) is 0. The highest BCUT2D eigenvalue weighted by Crippen LogP contribution is 2.41. The van der Waals surface area contributed by atoms with Gasteiger partial charge in [0, 0.05) is 31.0 Å². The number of hydrogen-bond donors (Lipinski definition) is 2. The Morgan fingerprint density at radius 1 is 1.17 bits per heavy atom. The summed E-state index contributed by atoms with van der Waals surface area (Å²) in [6.45, 7) is 3.46. The fraction of sp³-hybridized carbons (Fsp3) is 0.409. The number of aliphatic hydroxyl groups excluding tert-OH is 1. The Balaban J connectivity index is 1.29. The van der Waals surface area contributed by atoms with Gasteiger partial charge in [0.2, 0.25) is 0 Å². The summed E-state index contributed by atoms with van der Waals surface area (Å²) >= 11 is 0. The summed E-state index contributed by atoms with van der Waals surface area (Å²) < 4.78 is 1.99. The number of nitrogens with zero attached hydrogens (tertiary/aromatic N) is 4. The molecule has 2 fully saturated rings. The first-order chi connectivity index (χ1) is 14.1. The SMILES string of the molecule is Cc1ccc(-c2cc(C(=O)N3C[C@H]4C[C@@H](n5ccnc5)[C@H](O)C[C@H]4C3)[nH]n2)cc1. The number of aromatic amines is 1. The van der Waals surface area contributed by atoms with Crippen molar-refractivity contribution in [2.24, 2.45) is 11.8 Å². The van der Waals surface area contributed by atoms with Gasteiger partial charge in [-0.15, -0.1) is 0 Å². The number of aryl methyl sites for hydroxylation is 1. The number of benzene rings is 1. The standard InChI is InChI=1S/C22H25N5O2/c1-14-2-4-15(5-3-14)18-10-19(25-24-18)22(29)27-11-16-8-20(26-7-6-23-13-26)21(28)9-17(16)12-27/h2-7,10,13,16-17,20-21,28H,8-9,11-12H2,1H3,(H,24,25)/t16-,17+,20-,21-/m1/s1. The van der Waals surface area contributed by atoms with Crippen LogP contribution in [0.4, 0.5) is 0 Å². The van der Waals surface area contributed by atoms with E-state index in [4.69, 9.17) is 0 Å². The topological polar surface area (TPSA) is 87.0 Å². The molecule has 2 aliphatic rings. The summed E-state index contributed by atoms with van der Waals surface area (Å²) in [5.41, 5.74) is 3.48. The van der Waals surface area contributed by atoms with Gasteiger partial charge in [0.05, 0.1) is 24.2 Å². The molecule has 3 aromatic rings. The van der Waals surface area contributed by atoms with E-state index in [1.807, 2.05) is 52.9 Å². The van der Waals surface area contributed by atoms with Gasteiger partial charge < -0.3 is 14.6 Å². The number of carbonyl (C=O) groups is 1. The van der Waals surface area contributed by atoms with E-state index in [0.29, 0.717) is 24.1 Å². The number of likely N-dealkylation sites (tertiary alicyclic amines) is 1. The van der Waals surface area contributed by atoms with Crippen LogP contribution in [0, 0.1) is 18.8 Å². The van der Waals surface area contributed by atoms with Crippen molar-refractivity contribution in [3.63, 3.8) is 0 Å². The van der Waals surface area contributed by atoms with Crippen molar-refractivity contribution in [1.29, 1.82) is 0 Å². The van der Waals surface area contributed by atoms with Crippen LogP contribution >= 0.6 is 0 Å². The number of carbonyl (C=O) groups excluding carboxylic acids is 1. The van der Waals surface area contributed by atoms with E-state index in [2.05, 4.69) is 15.2 Å². The summed E-state index contributed by atoms with van der Waals surface area (Å²) in [5, 5.41) is 17.9. The van der Waals surface area contributed by atoms with Crippen molar-refractivity contribution in [2.45, 2.75) is 31.9 Å². The summed E-state index contributed by atoms with van der Waals surface area (Å²) in [6, 6.07) is 9.98. The Morgan fingerprint density at radius 2 is 1.93 bits per heavy atom. The lowest BCUT2D eigenvalue weighted by Gasteiger charge is -2.35. The van der Waals surface area contributed by atoms with E-state index in [0.717, 1.165) is 30.6 Å². The predicted molar refractivity (Wildman–Crippen MR) is 108 cm³/mol. The predicted octanol–water partition coefficient (Wildman–Crippen LogP) is 2.67. The van der Waals surface area contributed by atoms with Crippen molar-refractivity contribution < 1.29 is 9.90 Å². The molecule has 0 bridgehead atoms. The third-order valence-corrected chi connectivity index (χ3v) is 6.46. The van der Waals surface area contributed by atoms with E-state index in [1.54, 1.807) is 12.5 Å². The third-order valence-electron chi connectivity index (χ3n) is 6.46. The van der Waals surface area contributed by atoms with E-state index in [-0.39, 0.29) is 11.9 Å². The van der Waals surface area contributed by atoms with Crippen LogP contribution in [-0.4, -0.2) is 54.9 Å². The van der Waals surface area contributed by atoms with Gasteiger partial charge in [-0.05, 0) is 37.7 Å². The van der Waals surface area contributed by atoms with Crippen molar-refractivity contribution in [1.82, 2.24) is 24.6 Å². The molecule has 2 aromatic heterocycles. The monoisotopic (exact) mass is 391 g/mol. The van der Waals surface area contributed by atoms with E-state index in [9.17, 15) is 9.90 Å². The number of amides is 1. The Kier molecular flexibility index (Phi) is 4.47. The summed E-state index contributed by atoms with van der Waals surface area (Å²) in [5.74, 6) is 0.724. The molecule has 0 unspecified atom stereocenters. The number of nitrogens with one attached hydrogen (secondary N) is 1. The Morgan fingerprint density at radius 3 is 2.66 bits per heavy atom. The molecule has 29 heavy (non-hydrogen) atoms. The maximum Gasteiger partial charge on any atom is 0.271 e. The Bertz CT molecular complexity index is 995. The molecule has 0 radical (unpaired) electrons. The number of hydrogen-bond acceptors (Lipinski definition) is 4. The second-order valence-corrected chi connectivity index (χ2v) is 8.38. The first-order valence-corrected chi connectivity index (χ1v) is 10.2. The van der Waals surface area contributed by atoms with Gasteiger partial charge >= 0.3 is 0 Å². The molecule has 2 N–H and O–H groups in total. The van der Waals surface area contributed by atoms with Crippen molar-refractivity contribution >= 4 is 5.91 Å². The highest BCUT2D eigenvalue weighted by Gasteiger charge is 2.43. The Hall–Kier alpha value is -2.93. The van der Waals surface area contributed by atoms with Gasteiger partial charge in [-0.2, -0.15) is 5.10 Å². The minimum atomic E-state index is -0.402. The molecule has 0 spiro atoms. The normalized spacial score (nSPS) is 26.5. The number of fused-ring (bicyclic) bond motifs is 1. The van der Waals surface area contributed by atoms with Crippen LogP contribution in [0.2, 0.25) is 0 Å². The van der Waals surface area contributed by atoms with Crippen molar-refractivity contribution in [2.75, 3.05) is 13.1 Å². The smallest absolute Gasteiger partial charge is 0.271 e. The van der Waals surface area contributed by atoms with E-state index < -0.39 is 6.10 Å².